The number of urea groups is 1. The predicted molar refractivity (Wildman–Crippen MR) is 113 cm³/mol. The summed E-state index contributed by atoms with van der Waals surface area (Å²) in [5.74, 6) is 0. The Morgan fingerprint density at radius 2 is 1.88 bits per heavy atom. The van der Waals surface area contributed by atoms with Gasteiger partial charge < -0.3 is 27.8 Å². The Hall–Kier alpha value is -3.06. The molecule has 0 radical (unpaired) electrons. The first-order chi connectivity index (χ1) is 12.1. The number of aryl methyl sites for hydroxylation is 1. The molecule has 1 heterocycles. The number of anilines is 3. The molecule has 26 heavy (non-hydrogen) atoms. The van der Waals surface area contributed by atoms with Crippen LogP contribution in [0.3, 0.4) is 0 Å². The summed E-state index contributed by atoms with van der Waals surface area (Å²) in [6.07, 6.45) is 8.21. The van der Waals surface area contributed by atoms with E-state index in [-0.39, 0.29) is 15.0 Å². The van der Waals surface area contributed by atoms with Crippen molar-refractivity contribution in [3.8, 4) is 0 Å². The van der Waals surface area contributed by atoms with E-state index in [0.717, 1.165) is 36.2 Å². The molecule has 0 fully saturated rings. The van der Waals surface area contributed by atoms with Crippen LogP contribution in [0.5, 0.6) is 0 Å². The lowest BCUT2D eigenvalue weighted by Gasteiger charge is -2.10. The molecule has 0 spiro atoms. The average Bonchev–Trinajstić information content (AvgIpc) is 2.61. The van der Waals surface area contributed by atoms with Gasteiger partial charge in [-0.2, -0.15) is 0 Å². The minimum atomic E-state index is -0.305. The van der Waals surface area contributed by atoms with Crippen molar-refractivity contribution in [2.75, 3.05) is 16.0 Å². The molecule has 0 bridgehead atoms. The average molecular weight is 361 g/mol. The molecule has 1 aromatic heterocycles. The number of pyridine rings is 1. The van der Waals surface area contributed by atoms with Crippen LogP contribution in [-0.2, 0) is 0 Å². The number of amides is 2. The molecule has 2 amide bonds. The van der Waals surface area contributed by atoms with Crippen LogP contribution < -0.4 is 27.8 Å². The topological polar surface area (TPSA) is 127 Å². The van der Waals surface area contributed by atoms with E-state index in [4.69, 9.17) is 5.73 Å². The van der Waals surface area contributed by atoms with E-state index in [1.165, 1.54) is 0 Å². The van der Waals surface area contributed by atoms with Crippen molar-refractivity contribution >= 4 is 23.1 Å². The van der Waals surface area contributed by atoms with Gasteiger partial charge in [0.15, 0.2) is 0 Å². The number of rotatable bonds is 7. The fourth-order valence-electron chi connectivity index (χ4n) is 2.16. The quantitative estimate of drug-likeness (QED) is 0.470. The first kappa shape index (κ1) is 21.0. The second kappa shape index (κ2) is 10.7. The predicted octanol–water partition coefficient (Wildman–Crippen LogP) is 5.09. The van der Waals surface area contributed by atoms with Gasteiger partial charge in [0.05, 0.1) is 11.9 Å². The molecule has 7 heteroatoms. The van der Waals surface area contributed by atoms with Crippen molar-refractivity contribution in [3.05, 3.63) is 60.2 Å². The Balaban J connectivity index is 0. The first-order valence-corrected chi connectivity index (χ1v) is 8.38. The number of hydrogen-bond acceptors (Lipinski definition) is 5. The van der Waals surface area contributed by atoms with Crippen LogP contribution in [0, 0.1) is 6.92 Å². The van der Waals surface area contributed by atoms with Crippen molar-refractivity contribution in [2.24, 2.45) is 5.73 Å². The molecule has 0 saturated carbocycles. The molecule has 2 rings (SSSR count). The maximum atomic E-state index is 12.0. The van der Waals surface area contributed by atoms with Crippen molar-refractivity contribution < 1.29 is 7.65 Å². The Kier molecular flexibility index (Phi) is 8.66. The molecule has 1 aromatic carbocycles. The minimum absolute atomic E-state index is 0. The van der Waals surface area contributed by atoms with Gasteiger partial charge >= 0.3 is 6.03 Å². The van der Waals surface area contributed by atoms with E-state index in [2.05, 4.69) is 27.9 Å². The fourth-order valence-corrected chi connectivity index (χ4v) is 2.16. The number of aromatic nitrogens is 1. The number of nitrogens with one attached hydrogen (secondary N) is 3. The zero-order valence-corrected chi connectivity index (χ0v) is 15.4. The Morgan fingerprint density at radius 3 is 2.54 bits per heavy atom. The van der Waals surface area contributed by atoms with Crippen LogP contribution in [0.25, 0.3) is 0 Å². The van der Waals surface area contributed by atoms with Crippen LogP contribution in [0.2, 0.25) is 0 Å². The monoisotopic (exact) mass is 360 g/mol. The molecule has 0 aliphatic rings. The number of carbonyl (C=O) groups is 1. The lowest BCUT2D eigenvalue weighted by Crippen LogP contribution is -2.20. The van der Waals surface area contributed by atoms with Crippen molar-refractivity contribution in [1.29, 1.82) is 0 Å². The Bertz CT molecular complexity index is 737. The number of allylic oxidation sites excluding steroid dienone is 1. The van der Waals surface area contributed by atoms with Crippen molar-refractivity contribution in [3.63, 3.8) is 0 Å². The highest BCUT2D eigenvalue weighted by atomic mass is 16.2. The number of hydrogen-bond donors (Lipinski definition) is 5. The van der Waals surface area contributed by atoms with Crippen molar-refractivity contribution in [1.82, 2.24) is 11.1 Å². The van der Waals surface area contributed by atoms with E-state index in [1.54, 1.807) is 12.4 Å². The van der Waals surface area contributed by atoms with Gasteiger partial charge in [-0.15, -0.1) is 0 Å². The molecule has 0 aliphatic heterocycles. The molecule has 0 aliphatic carbocycles. The van der Waals surface area contributed by atoms with Gasteiger partial charge in [-0.3, -0.25) is 4.98 Å². The summed E-state index contributed by atoms with van der Waals surface area (Å²) >= 11 is 0. The van der Waals surface area contributed by atoms with E-state index in [1.807, 2.05) is 43.5 Å². The van der Waals surface area contributed by atoms with E-state index >= 15 is 0 Å². The molecule has 2 aromatic rings. The highest BCUT2D eigenvalue weighted by Gasteiger charge is 2.04. The smallest absolute Gasteiger partial charge is 0.323 e. The molecule has 0 atom stereocenters. The second-order valence-electron chi connectivity index (χ2n) is 5.81. The molecule has 7 nitrogen and oxygen atoms in total. The lowest BCUT2D eigenvalue weighted by molar-refractivity contribution is 0.262. The normalized spacial score (nSPS) is 10.6. The standard InChI is InChI=1S/C19H25N5O.H3N.2H2/c1-3-4-5-15(20)12-22-16-6-8-17(9-7-16)23-19(25)24-18-13-21-11-10-14(18)2;;;/h6-13,22H,3-5,20H2,1-2H3,(H2,23,24,25);1H3;2*1H/b15-12-;;;. The summed E-state index contributed by atoms with van der Waals surface area (Å²) in [5.41, 5.74) is 10.00. The summed E-state index contributed by atoms with van der Waals surface area (Å²) in [6.45, 7) is 4.05. The maximum Gasteiger partial charge on any atom is 0.323 e. The summed E-state index contributed by atoms with van der Waals surface area (Å²) in [6, 6.07) is 8.96. The second-order valence-corrected chi connectivity index (χ2v) is 5.81. The molecular formula is C19H32N6O. The van der Waals surface area contributed by atoms with Gasteiger partial charge in [0, 0.05) is 32.3 Å². The maximum absolute atomic E-state index is 12.0. The van der Waals surface area contributed by atoms with Gasteiger partial charge in [-0.1, -0.05) is 13.3 Å². The third-order valence-electron chi connectivity index (χ3n) is 3.67. The van der Waals surface area contributed by atoms with Crippen LogP contribution in [0.1, 0.15) is 34.6 Å². The lowest BCUT2D eigenvalue weighted by atomic mass is 10.2. The summed E-state index contributed by atoms with van der Waals surface area (Å²) in [7, 11) is 0. The van der Waals surface area contributed by atoms with Crippen molar-refractivity contribution in [2.45, 2.75) is 33.1 Å². The third kappa shape index (κ3) is 6.82. The minimum Gasteiger partial charge on any atom is -0.401 e. The first-order valence-electron chi connectivity index (χ1n) is 8.38. The third-order valence-corrected chi connectivity index (χ3v) is 3.67. The van der Waals surface area contributed by atoms with Crippen LogP contribution in [-0.4, -0.2) is 11.0 Å². The Morgan fingerprint density at radius 1 is 1.19 bits per heavy atom. The molecule has 8 N–H and O–H groups in total. The largest absolute Gasteiger partial charge is 0.401 e. The number of benzene rings is 1. The highest BCUT2D eigenvalue weighted by molar-refractivity contribution is 6.00. The van der Waals surface area contributed by atoms with E-state index in [9.17, 15) is 4.79 Å². The van der Waals surface area contributed by atoms with Gasteiger partial charge in [-0.05, 0) is 55.7 Å². The molecule has 0 unspecified atom stereocenters. The SMILES string of the molecule is CCCC/C(N)=C/Nc1ccc(NC(=O)Nc2cnccc2C)cc1.N.[HH].[HH]. The van der Waals surface area contributed by atoms with Gasteiger partial charge in [0.1, 0.15) is 0 Å². The number of unbranched alkanes of at least 4 members (excludes halogenated alkanes) is 1. The molecular weight excluding hydrogens is 328 g/mol. The van der Waals surface area contributed by atoms with E-state index in [0.29, 0.717) is 11.4 Å². The van der Waals surface area contributed by atoms with Crippen LogP contribution in [0.15, 0.2) is 54.6 Å². The van der Waals surface area contributed by atoms with Crippen LogP contribution >= 0.6 is 0 Å². The van der Waals surface area contributed by atoms with Crippen LogP contribution in [0.4, 0.5) is 21.9 Å². The molecule has 144 valence electrons. The number of carbonyl (C=O) groups excluding carboxylic acids is 1. The van der Waals surface area contributed by atoms with Gasteiger partial charge in [-0.25, -0.2) is 4.79 Å². The van der Waals surface area contributed by atoms with Gasteiger partial charge in [0.25, 0.3) is 0 Å². The number of nitrogens with two attached hydrogens (primary N) is 1. The summed E-state index contributed by atoms with van der Waals surface area (Å²) in [4.78, 5) is 16.0. The summed E-state index contributed by atoms with van der Waals surface area (Å²) < 4.78 is 0. The number of nitrogens with zero attached hydrogens (tertiary/aromatic N) is 1. The highest BCUT2D eigenvalue weighted by Crippen LogP contribution is 2.16. The zero-order valence-electron chi connectivity index (χ0n) is 15.4. The summed E-state index contributed by atoms with van der Waals surface area (Å²) in [5, 5.41) is 8.73. The Labute approximate surface area is 157 Å². The molecule has 0 saturated heterocycles. The van der Waals surface area contributed by atoms with E-state index < -0.39 is 0 Å². The van der Waals surface area contributed by atoms with Gasteiger partial charge in [0.2, 0.25) is 0 Å². The zero-order chi connectivity index (χ0) is 18.1. The fraction of sp³-hybridized carbons (Fsp3) is 0.263.